The van der Waals surface area contributed by atoms with E-state index in [0.717, 1.165) is 16.9 Å². The highest BCUT2D eigenvalue weighted by molar-refractivity contribution is 5.83. The summed E-state index contributed by atoms with van der Waals surface area (Å²) in [5, 5.41) is 11.0. The fourth-order valence-electron chi connectivity index (χ4n) is 2.74. The maximum Gasteiger partial charge on any atom is 0.242 e. The predicted molar refractivity (Wildman–Crippen MR) is 91.6 cm³/mol. The number of aromatic nitrogens is 5. The highest BCUT2D eigenvalue weighted by atomic mass is 16.2. The molecule has 3 rings (SSSR count). The van der Waals surface area contributed by atoms with Crippen LogP contribution in [0.5, 0.6) is 0 Å². The van der Waals surface area contributed by atoms with E-state index < -0.39 is 0 Å². The Hall–Kier alpha value is -2.70. The van der Waals surface area contributed by atoms with Crippen LogP contribution >= 0.6 is 0 Å². The van der Waals surface area contributed by atoms with Crippen molar-refractivity contribution < 1.29 is 4.79 Å². The van der Waals surface area contributed by atoms with Crippen LogP contribution < -0.4 is 5.32 Å². The van der Waals surface area contributed by atoms with E-state index in [1.54, 1.807) is 12.7 Å². The van der Waals surface area contributed by atoms with E-state index in [4.69, 9.17) is 0 Å². The molecule has 0 radical (unpaired) electrons. The van der Waals surface area contributed by atoms with Gasteiger partial charge >= 0.3 is 0 Å². The first kappa shape index (κ1) is 16.2. The van der Waals surface area contributed by atoms with Crippen LogP contribution in [0.2, 0.25) is 0 Å². The summed E-state index contributed by atoms with van der Waals surface area (Å²) in [6.07, 6.45) is 4.09. The number of rotatable bonds is 6. The molecule has 3 aromatic rings. The standard InChI is InChI=1S/C17H22N6O/c1-12(2)22-11-20-21-16(22)8-9-18-17(24)13(3)23-10-19-14-6-4-5-7-15(14)23/h4-7,10-13H,8-9H2,1-3H3,(H,18,24). The number of nitrogens with zero attached hydrogens (tertiary/aromatic N) is 5. The Balaban J connectivity index is 1.61. The Morgan fingerprint density at radius 2 is 1.96 bits per heavy atom. The summed E-state index contributed by atoms with van der Waals surface area (Å²) < 4.78 is 3.90. The van der Waals surface area contributed by atoms with Crippen molar-refractivity contribution in [3.63, 3.8) is 0 Å². The summed E-state index contributed by atoms with van der Waals surface area (Å²) in [6.45, 7) is 6.57. The highest BCUT2D eigenvalue weighted by Crippen LogP contribution is 2.17. The molecule has 0 spiro atoms. The van der Waals surface area contributed by atoms with Gasteiger partial charge in [0.05, 0.1) is 17.4 Å². The molecule has 0 fully saturated rings. The van der Waals surface area contributed by atoms with Gasteiger partial charge in [0.15, 0.2) is 0 Å². The van der Waals surface area contributed by atoms with Crippen molar-refractivity contribution in [2.75, 3.05) is 6.54 Å². The Bertz CT molecular complexity index is 834. The average molecular weight is 326 g/mol. The summed E-state index contributed by atoms with van der Waals surface area (Å²) in [5.74, 6) is 0.847. The molecule has 2 heterocycles. The number of nitrogens with one attached hydrogen (secondary N) is 1. The van der Waals surface area contributed by atoms with E-state index in [1.165, 1.54) is 0 Å². The monoisotopic (exact) mass is 326 g/mol. The van der Waals surface area contributed by atoms with Crippen molar-refractivity contribution in [2.24, 2.45) is 0 Å². The number of carbonyl (C=O) groups is 1. The molecule has 1 atom stereocenters. The van der Waals surface area contributed by atoms with Crippen LogP contribution in [0.25, 0.3) is 11.0 Å². The fourth-order valence-corrected chi connectivity index (χ4v) is 2.74. The smallest absolute Gasteiger partial charge is 0.242 e. The number of amides is 1. The van der Waals surface area contributed by atoms with Crippen molar-refractivity contribution >= 4 is 16.9 Å². The molecule has 126 valence electrons. The molecular formula is C17H22N6O. The van der Waals surface area contributed by atoms with Crippen molar-refractivity contribution in [1.82, 2.24) is 29.6 Å². The third-order valence-corrected chi connectivity index (χ3v) is 4.13. The molecule has 0 saturated heterocycles. The van der Waals surface area contributed by atoms with Crippen molar-refractivity contribution in [3.05, 3.63) is 42.7 Å². The zero-order valence-corrected chi connectivity index (χ0v) is 14.2. The van der Waals surface area contributed by atoms with Crippen molar-refractivity contribution in [2.45, 2.75) is 39.3 Å². The Labute approximate surface area is 140 Å². The Kier molecular flexibility index (Phi) is 4.59. The van der Waals surface area contributed by atoms with Crippen molar-refractivity contribution in [1.29, 1.82) is 0 Å². The van der Waals surface area contributed by atoms with Crippen molar-refractivity contribution in [3.8, 4) is 0 Å². The molecule has 1 unspecified atom stereocenters. The Morgan fingerprint density at radius 1 is 1.17 bits per heavy atom. The van der Waals surface area contributed by atoms with Gasteiger partial charge in [-0.25, -0.2) is 4.98 Å². The third kappa shape index (κ3) is 3.15. The lowest BCUT2D eigenvalue weighted by Gasteiger charge is -2.15. The molecule has 7 nitrogen and oxygen atoms in total. The molecule has 0 aliphatic rings. The molecule has 2 aromatic heterocycles. The van der Waals surface area contributed by atoms with Gasteiger partial charge in [-0.2, -0.15) is 0 Å². The minimum Gasteiger partial charge on any atom is -0.354 e. The van der Waals surface area contributed by atoms with Gasteiger partial charge in [0, 0.05) is 19.0 Å². The molecule has 0 bridgehead atoms. The number of para-hydroxylation sites is 2. The molecule has 0 aliphatic carbocycles. The largest absolute Gasteiger partial charge is 0.354 e. The maximum atomic E-state index is 12.4. The molecule has 1 N–H and O–H groups in total. The number of hydrogen-bond acceptors (Lipinski definition) is 4. The average Bonchev–Trinajstić information content (AvgIpc) is 3.20. The minimum atomic E-state index is -0.319. The number of fused-ring (bicyclic) bond motifs is 1. The second-order valence-corrected chi connectivity index (χ2v) is 6.11. The summed E-state index contributed by atoms with van der Waals surface area (Å²) in [4.78, 5) is 16.8. The van der Waals surface area contributed by atoms with Crippen LogP contribution in [-0.2, 0) is 11.2 Å². The third-order valence-electron chi connectivity index (χ3n) is 4.13. The van der Waals surface area contributed by atoms with E-state index in [9.17, 15) is 4.79 Å². The lowest BCUT2D eigenvalue weighted by molar-refractivity contribution is -0.123. The van der Waals surface area contributed by atoms with E-state index >= 15 is 0 Å². The quantitative estimate of drug-likeness (QED) is 0.753. The fraction of sp³-hybridized carbons (Fsp3) is 0.412. The summed E-state index contributed by atoms with van der Waals surface area (Å²) in [6, 6.07) is 7.79. The number of benzene rings is 1. The van der Waals surface area contributed by atoms with Gasteiger partial charge in [0.25, 0.3) is 0 Å². The van der Waals surface area contributed by atoms with Gasteiger partial charge in [-0.1, -0.05) is 12.1 Å². The summed E-state index contributed by atoms with van der Waals surface area (Å²) in [5.41, 5.74) is 1.85. The van der Waals surface area contributed by atoms with Crippen LogP contribution in [0.3, 0.4) is 0 Å². The second-order valence-electron chi connectivity index (χ2n) is 6.11. The van der Waals surface area contributed by atoms with Gasteiger partial charge in [-0.05, 0) is 32.9 Å². The van der Waals surface area contributed by atoms with Crippen LogP contribution in [0.1, 0.15) is 38.7 Å². The number of carbonyl (C=O) groups excluding carboxylic acids is 1. The number of imidazole rings is 1. The van der Waals surface area contributed by atoms with Gasteiger partial charge < -0.3 is 14.5 Å². The van der Waals surface area contributed by atoms with Gasteiger partial charge in [-0.15, -0.1) is 10.2 Å². The van der Waals surface area contributed by atoms with Crippen LogP contribution in [0.4, 0.5) is 0 Å². The van der Waals surface area contributed by atoms with Gasteiger partial charge in [-0.3, -0.25) is 4.79 Å². The van der Waals surface area contributed by atoms with Crippen LogP contribution in [0.15, 0.2) is 36.9 Å². The normalized spacial score (nSPS) is 12.7. The zero-order valence-electron chi connectivity index (χ0n) is 14.2. The number of hydrogen-bond donors (Lipinski definition) is 1. The lowest BCUT2D eigenvalue weighted by Crippen LogP contribution is -2.32. The van der Waals surface area contributed by atoms with E-state index in [-0.39, 0.29) is 11.9 Å². The first-order valence-electron chi connectivity index (χ1n) is 8.15. The highest BCUT2D eigenvalue weighted by Gasteiger charge is 2.17. The SMILES string of the molecule is CC(C)n1cnnc1CCNC(=O)C(C)n1cnc2ccccc21. The zero-order chi connectivity index (χ0) is 17.1. The molecule has 0 saturated carbocycles. The molecule has 1 aromatic carbocycles. The van der Waals surface area contributed by atoms with Crippen LogP contribution in [-0.4, -0.2) is 36.8 Å². The predicted octanol–water partition coefficient (Wildman–Crippen LogP) is 2.13. The summed E-state index contributed by atoms with van der Waals surface area (Å²) in [7, 11) is 0. The topological polar surface area (TPSA) is 77.6 Å². The second kappa shape index (κ2) is 6.82. The maximum absolute atomic E-state index is 12.4. The van der Waals surface area contributed by atoms with E-state index in [1.807, 2.05) is 40.3 Å². The van der Waals surface area contributed by atoms with Crippen LogP contribution in [0, 0.1) is 0 Å². The Morgan fingerprint density at radius 3 is 2.75 bits per heavy atom. The molecular weight excluding hydrogens is 304 g/mol. The lowest BCUT2D eigenvalue weighted by atomic mass is 10.2. The first-order valence-corrected chi connectivity index (χ1v) is 8.15. The molecule has 0 aliphatic heterocycles. The van der Waals surface area contributed by atoms with Gasteiger partial charge in [0.1, 0.15) is 18.2 Å². The minimum absolute atomic E-state index is 0.0336. The first-order chi connectivity index (χ1) is 11.6. The summed E-state index contributed by atoms with van der Waals surface area (Å²) >= 11 is 0. The van der Waals surface area contributed by atoms with E-state index in [0.29, 0.717) is 19.0 Å². The molecule has 1 amide bonds. The molecule has 7 heteroatoms. The van der Waals surface area contributed by atoms with Gasteiger partial charge in [0.2, 0.25) is 5.91 Å². The molecule has 24 heavy (non-hydrogen) atoms. The van der Waals surface area contributed by atoms with E-state index in [2.05, 4.69) is 34.3 Å².